The minimum Gasteiger partial charge on any atom is -0.468 e. The van der Waals surface area contributed by atoms with E-state index < -0.39 is 5.54 Å². The molecule has 1 aliphatic rings. The highest BCUT2D eigenvalue weighted by Crippen LogP contribution is 2.39. The van der Waals surface area contributed by atoms with Gasteiger partial charge in [0, 0.05) is 6.54 Å². The van der Waals surface area contributed by atoms with Crippen molar-refractivity contribution in [1.82, 2.24) is 5.32 Å². The molecule has 0 aliphatic carbocycles. The number of ether oxygens (including phenoxy) is 3. The first-order valence-corrected chi connectivity index (χ1v) is 6.23. The second-order valence-electron chi connectivity index (χ2n) is 4.78. The van der Waals surface area contributed by atoms with E-state index in [0.29, 0.717) is 23.1 Å². The van der Waals surface area contributed by atoms with Crippen LogP contribution < -0.4 is 14.8 Å². The van der Waals surface area contributed by atoms with Crippen LogP contribution in [0.2, 0.25) is 5.02 Å². The van der Waals surface area contributed by atoms with Gasteiger partial charge in [-0.3, -0.25) is 10.1 Å². The third kappa shape index (κ3) is 2.93. The molecule has 0 radical (unpaired) electrons. The zero-order valence-electron chi connectivity index (χ0n) is 11.1. The lowest BCUT2D eigenvalue weighted by molar-refractivity contribution is -0.147. The number of hydrogen-bond donors (Lipinski definition) is 1. The minimum absolute atomic E-state index is 0.180. The van der Waals surface area contributed by atoms with Gasteiger partial charge in [0.15, 0.2) is 11.5 Å². The summed E-state index contributed by atoms with van der Waals surface area (Å²) in [7, 11) is 1.36. The normalized spacial score (nSPS) is 13.5. The van der Waals surface area contributed by atoms with E-state index in [2.05, 4.69) is 5.32 Å². The Morgan fingerprint density at radius 2 is 2.21 bits per heavy atom. The number of carbonyl (C=O) groups is 1. The van der Waals surface area contributed by atoms with Gasteiger partial charge in [0.05, 0.1) is 12.1 Å². The molecule has 19 heavy (non-hydrogen) atoms. The van der Waals surface area contributed by atoms with E-state index in [4.69, 9.17) is 25.8 Å². The maximum atomic E-state index is 11.6. The fourth-order valence-electron chi connectivity index (χ4n) is 1.77. The van der Waals surface area contributed by atoms with Crippen molar-refractivity contribution in [3.63, 3.8) is 0 Å². The van der Waals surface area contributed by atoms with Crippen LogP contribution in [0.25, 0.3) is 0 Å². The largest absolute Gasteiger partial charge is 0.468 e. The number of benzene rings is 1. The Kier molecular flexibility index (Phi) is 3.87. The van der Waals surface area contributed by atoms with Crippen molar-refractivity contribution in [3.05, 3.63) is 22.7 Å². The van der Waals surface area contributed by atoms with Gasteiger partial charge in [-0.05, 0) is 31.5 Å². The third-order valence-corrected chi connectivity index (χ3v) is 3.20. The van der Waals surface area contributed by atoms with E-state index in [1.807, 2.05) is 6.07 Å². The van der Waals surface area contributed by atoms with Crippen LogP contribution in [0.5, 0.6) is 11.5 Å². The zero-order valence-corrected chi connectivity index (χ0v) is 11.8. The van der Waals surface area contributed by atoms with E-state index in [-0.39, 0.29) is 12.8 Å². The first kappa shape index (κ1) is 14.0. The van der Waals surface area contributed by atoms with Gasteiger partial charge in [0.25, 0.3) is 0 Å². The summed E-state index contributed by atoms with van der Waals surface area (Å²) in [6, 6.07) is 3.63. The number of fused-ring (bicyclic) bond motifs is 1. The Balaban J connectivity index is 2.09. The first-order valence-electron chi connectivity index (χ1n) is 5.85. The van der Waals surface area contributed by atoms with Crippen LogP contribution in [0.4, 0.5) is 0 Å². The predicted molar refractivity (Wildman–Crippen MR) is 70.5 cm³/mol. The van der Waals surface area contributed by atoms with Crippen LogP contribution in [-0.4, -0.2) is 25.4 Å². The molecule has 104 valence electrons. The van der Waals surface area contributed by atoms with Crippen LogP contribution in [0, 0.1) is 0 Å². The maximum absolute atomic E-state index is 11.6. The summed E-state index contributed by atoms with van der Waals surface area (Å²) in [6.07, 6.45) is 0. The fraction of sp³-hybridized carbons (Fsp3) is 0.462. The van der Waals surface area contributed by atoms with Crippen molar-refractivity contribution in [3.8, 4) is 11.5 Å². The van der Waals surface area contributed by atoms with E-state index in [9.17, 15) is 4.79 Å². The number of rotatable bonds is 4. The topological polar surface area (TPSA) is 56.8 Å². The van der Waals surface area contributed by atoms with Crippen molar-refractivity contribution in [2.75, 3.05) is 13.9 Å². The monoisotopic (exact) mass is 285 g/mol. The van der Waals surface area contributed by atoms with E-state index >= 15 is 0 Å². The second-order valence-corrected chi connectivity index (χ2v) is 5.19. The first-order chi connectivity index (χ1) is 8.94. The van der Waals surface area contributed by atoms with E-state index in [1.165, 1.54) is 7.11 Å². The van der Waals surface area contributed by atoms with Crippen molar-refractivity contribution < 1.29 is 19.0 Å². The van der Waals surface area contributed by atoms with Gasteiger partial charge in [-0.25, -0.2) is 0 Å². The third-order valence-electron chi connectivity index (χ3n) is 2.92. The van der Waals surface area contributed by atoms with Crippen molar-refractivity contribution in [2.45, 2.75) is 25.9 Å². The molecule has 6 heteroatoms. The van der Waals surface area contributed by atoms with Gasteiger partial charge in [-0.2, -0.15) is 0 Å². The summed E-state index contributed by atoms with van der Waals surface area (Å²) in [5.74, 6) is 0.872. The molecular formula is C13H16ClNO4. The quantitative estimate of drug-likeness (QED) is 0.859. The molecule has 0 amide bonds. The standard InChI is InChI=1S/C13H16ClNO4/c1-13(2,12(16)17-3)15-6-8-4-9(14)11-10(5-8)18-7-19-11/h4-5,15H,6-7H2,1-3H3. The molecule has 1 aromatic carbocycles. The number of esters is 1. The van der Waals surface area contributed by atoms with E-state index in [0.717, 1.165) is 5.56 Å². The smallest absolute Gasteiger partial charge is 0.325 e. The SMILES string of the molecule is COC(=O)C(C)(C)NCc1cc(Cl)c2c(c1)OCO2. The minimum atomic E-state index is -0.766. The second kappa shape index (κ2) is 5.27. The molecule has 0 fully saturated rings. The summed E-state index contributed by atoms with van der Waals surface area (Å²) >= 11 is 6.09. The Bertz CT molecular complexity index is 502. The van der Waals surface area contributed by atoms with Crippen LogP contribution in [0.1, 0.15) is 19.4 Å². The van der Waals surface area contributed by atoms with Crippen molar-refractivity contribution in [1.29, 1.82) is 0 Å². The molecule has 0 saturated heterocycles. The molecule has 2 rings (SSSR count). The lowest BCUT2D eigenvalue weighted by Gasteiger charge is -2.23. The van der Waals surface area contributed by atoms with Gasteiger partial charge in [0.1, 0.15) is 5.54 Å². The molecule has 0 saturated carbocycles. The summed E-state index contributed by atoms with van der Waals surface area (Å²) < 4.78 is 15.3. The highest BCUT2D eigenvalue weighted by atomic mass is 35.5. The van der Waals surface area contributed by atoms with E-state index in [1.54, 1.807) is 19.9 Å². The molecule has 1 heterocycles. The number of nitrogens with one attached hydrogen (secondary N) is 1. The number of hydrogen-bond acceptors (Lipinski definition) is 5. The Hall–Kier alpha value is -1.46. The van der Waals surface area contributed by atoms with Gasteiger partial charge >= 0.3 is 5.97 Å². The Morgan fingerprint density at radius 3 is 2.89 bits per heavy atom. The average molecular weight is 286 g/mol. The highest BCUT2D eigenvalue weighted by molar-refractivity contribution is 6.32. The maximum Gasteiger partial charge on any atom is 0.325 e. The number of carbonyl (C=O) groups excluding carboxylic acids is 1. The molecular weight excluding hydrogens is 270 g/mol. The Morgan fingerprint density at radius 1 is 1.47 bits per heavy atom. The average Bonchev–Trinajstić information content (AvgIpc) is 2.84. The summed E-state index contributed by atoms with van der Waals surface area (Å²) in [5.41, 5.74) is 0.142. The molecule has 0 atom stereocenters. The summed E-state index contributed by atoms with van der Waals surface area (Å²) in [6.45, 7) is 4.17. The molecule has 1 N–H and O–H groups in total. The molecule has 1 aliphatic heterocycles. The number of methoxy groups -OCH3 is 1. The predicted octanol–water partition coefficient (Wildman–Crippen LogP) is 2.11. The molecule has 0 unspecified atom stereocenters. The van der Waals surface area contributed by atoms with Gasteiger partial charge in [-0.15, -0.1) is 0 Å². The van der Waals surface area contributed by atoms with Crippen LogP contribution >= 0.6 is 11.6 Å². The summed E-state index contributed by atoms with van der Waals surface area (Å²) in [5, 5.41) is 3.62. The van der Waals surface area contributed by atoms with Crippen LogP contribution in [0.3, 0.4) is 0 Å². The number of halogens is 1. The molecule has 0 spiro atoms. The zero-order chi connectivity index (χ0) is 14.0. The summed E-state index contributed by atoms with van der Waals surface area (Å²) in [4.78, 5) is 11.6. The Labute approximate surface area is 116 Å². The van der Waals surface area contributed by atoms with Gasteiger partial charge in [-0.1, -0.05) is 11.6 Å². The van der Waals surface area contributed by atoms with Crippen LogP contribution in [-0.2, 0) is 16.1 Å². The lowest BCUT2D eigenvalue weighted by atomic mass is 10.1. The van der Waals surface area contributed by atoms with Crippen molar-refractivity contribution >= 4 is 17.6 Å². The van der Waals surface area contributed by atoms with Gasteiger partial charge < -0.3 is 14.2 Å². The lowest BCUT2D eigenvalue weighted by Crippen LogP contribution is -2.46. The molecule has 0 aromatic heterocycles. The molecule has 5 nitrogen and oxygen atoms in total. The van der Waals surface area contributed by atoms with Crippen molar-refractivity contribution in [2.24, 2.45) is 0 Å². The molecule has 0 bridgehead atoms. The fourth-order valence-corrected chi connectivity index (χ4v) is 2.06. The highest BCUT2D eigenvalue weighted by Gasteiger charge is 2.28. The van der Waals surface area contributed by atoms with Crippen LogP contribution in [0.15, 0.2) is 12.1 Å². The molecule has 1 aromatic rings. The van der Waals surface area contributed by atoms with Gasteiger partial charge in [0.2, 0.25) is 6.79 Å².